The van der Waals surface area contributed by atoms with Crippen molar-refractivity contribution >= 4 is 17.5 Å². The van der Waals surface area contributed by atoms with Crippen molar-refractivity contribution in [2.24, 2.45) is 5.92 Å². The minimum Gasteiger partial charge on any atom is -0.351 e. The molecule has 1 fully saturated rings. The number of carbonyl (C=O) groups is 1. The molecule has 4 heteroatoms. The van der Waals surface area contributed by atoms with E-state index in [1.807, 2.05) is 24.3 Å². The van der Waals surface area contributed by atoms with Gasteiger partial charge in [-0.15, -0.1) is 0 Å². The SMILES string of the molecule is O=C(CN1CCC(Cc2ccccc2)CC1)NCc1ccccc1Cl. The van der Waals surface area contributed by atoms with Gasteiger partial charge in [-0.1, -0.05) is 60.1 Å². The molecule has 1 N–H and O–H groups in total. The number of halogens is 1. The van der Waals surface area contributed by atoms with E-state index in [-0.39, 0.29) is 5.91 Å². The summed E-state index contributed by atoms with van der Waals surface area (Å²) in [5.41, 5.74) is 2.37. The zero-order chi connectivity index (χ0) is 17.5. The Hall–Kier alpha value is -1.84. The molecule has 1 aliphatic heterocycles. The first-order valence-electron chi connectivity index (χ1n) is 8.97. The standard InChI is InChI=1S/C21H25ClN2O/c22-20-9-5-4-8-19(20)15-23-21(25)16-24-12-10-18(11-13-24)14-17-6-2-1-3-7-17/h1-9,18H,10-16H2,(H,23,25). The van der Waals surface area contributed by atoms with Crippen molar-refractivity contribution in [1.29, 1.82) is 0 Å². The number of hydrogen-bond donors (Lipinski definition) is 1. The van der Waals surface area contributed by atoms with Crippen LogP contribution in [0.1, 0.15) is 24.0 Å². The largest absolute Gasteiger partial charge is 0.351 e. The van der Waals surface area contributed by atoms with Crippen molar-refractivity contribution < 1.29 is 4.79 Å². The number of amides is 1. The van der Waals surface area contributed by atoms with E-state index in [1.54, 1.807) is 0 Å². The van der Waals surface area contributed by atoms with Gasteiger partial charge in [0, 0.05) is 11.6 Å². The lowest BCUT2D eigenvalue weighted by Crippen LogP contribution is -2.41. The highest BCUT2D eigenvalue weighted by Gasteiger charge is 2.21. The van der Waals surface area contributed by atoms with Crippen LogP contribution in [0.2, 0.25) is 5.02 Å². The molecule has 1 heterocycles. The first-order chi connectivity index (χ1) is 12.2. The smallest absolute Gasteiger partial charge is 0.234 e. The molecule has 3 nitrogen and oxygen atoms in total. The summed E-state index contributed by atoms with van der Waals surface area (Å²) in [6.45, 7) is 2.96. The molecular formula is C21H25ClN2O. The normalized spacial score (nSPS) is 15.9. The second kappa shape index (κ2) is 9.02. The van der Waals surface area contributed by atoms with Gasteiger partial charge < -0.3 is 5.32 Å². The van der Waals surface area contributed by atoms with Gasteiger partial charge in [-0.05, 0) is 55.5 Å². The van der Waals surface area contributed by atoms with Crippen LogP contribution in [0.3, 0.4) is 0 Å². The Morgan fingerprint density at radius 1 is 1.04 bits per heavy atom. The topological polar surface area (TPSA) is 32.3 Å². The number of nitrogens with one attached hydrogen (secondary N) is 1. The third kappa shape index (κ3) is 5.58. The van der Waals surface area contributed by atoms with E-state index in [4.69, 9.17) is 11.6 Å². The molecule has 0 saturated carbocycles. The van der Waals surface area contributed by atoms with Crippen LogP contribution in [0.25, 0.3) is 0 Å². The van der Waals surface area contributed by atoms with E-state index in [0.717, 1.165) is 43.8 Å². The minimum atomic E-state index is 0.0708. The molecule has 0 spiro atoms. The Balaban J connectivity index is 1.38. The fourth-order valence-electron chi connectivity index (χ4n) is 3.39. The summed E-state index contributed by atoms with van der Waals surface area (Å²) in [4.78, 5) is 14.4. The van der Waals surface area contributed by atoms with Crippen molar-refractivity contribution in [3.63, 3.8) is 0 Å². The fourth-order valence-corrected chi connectivity index (χ4v) is 3.59. The lowest BCUT2D eigenvalue weighted by atomic mass is 9.90. The predicted octanol–water partition coefficient (Wildman–Crippen LogP) is 3.91. The number of piperidine rings is 1. The first kappa shape index (κ1) is 18.0. The average molecular weight is 357 g/mol. The lowest BCUT2D eigenvalue weighted by molar-refractivity contribution is -0.122. The highest BCUT2D eigenvalue weighted by atomic mass is 35.5. The van der Waals surface area contributed by atoms with Crippen molar-refractivity contribution in [3.8, 4) is 0 Å². The molecule has 0 aromatic heterocycles. The van der Waals surface area contributed by atoms with Crippen LogP contribution in [0.5, 0.6) is 0 Å². The zero-order valence-electron chi connectivity index (χ0n) is 14.5. The van der Waals surface area contributed by atoms with Crippen molar-refractivity contribution in [2.75, 3.05) is 19.6 Å². The maximum Gasteiger partial charge on any atom is 0.234 e. The summed E-state index contributed by atoms with van der Waals surface area (Å²) in [5, 5.41) is 3.67. The molecule has 0 aliphatic carbocycles. The Labute approximate surface area is 155 Å². The Morgan fingerprint density at radius 2 is 1.72 bits per heavy atom. The predicted molar refractivity (Wildman–Crippen MR) is 103 cm³/mol. The molecular weight excluding hydrogens is 332 g/mol. The lowest BCUT2D eigenvalue weighted by Gasteiger charge is -2.31. The van der Waals surface area contributed by atoms with Gasteiger partial charge in [-0.2, -0.15) is 0 Å². The minimum absolute atomic E-state index is 0.0708. The van der Waals surface area contributed by atoms with Gasteiger partial charge in [0.2, 0.25) is 5.91 Å². The second-order valence-electron chi connectivity index (χ2n) is 6.78. The summed E-state index contributed by atoms with van der Waals surface area (Å²) in [6, 6.07) is 18.3. The van der Waals surface area contributed by atoms with Crippen LogP contribution in [0.15, 0.2) is 54.6 Å². The monoisotopic (exact) mass is 356 g/mol. The van der Waals surface area contributed by atoms with E-state index < -0.39 is 0 Å². The van der Waals surface area contributed by atoms with Crippen LogP contribution < -0.4 is 5.32 Å². The number of benzene rings is 2. The van der Waals surface area contributed by atoms with E-state index in [2.05, 4.69) is 40.5 Å². The molecule has 0 atom stereocenters. The van der Waals surface area contributed by atoms with Crippen LogP contribution in [-0.4, -0.2) is 30.4 Å². The highest BCUT2D eigenvalue weighted by Crippen LogP contribution is 2.21. The molecule has 2 aromatic carbocycles. The molecule has 0 bridgehead atoms. The van der Waals surface area contributed by atoms with Crippen molar-refractivity contribution in [2.45, 2.75) is 25.8 Å². The van der Waals surface area contributed by atoms with E-state index >= 15 is 0 Å². The van der Waals surface area contributed by atoms with Gasteiger partial charge in [0.25, 0.3) is 0 Å². The Kier molecular flexibility index (Phi) is 6.48. The first-order valence-corrected chi connectivity index (χ1v) is 9.35. The maximum atomic E-state index is 12.2. The third-order valence-electron chi connectivity index (χ3n) is 4.88. The summed E-state index contributed by atoms with van der Waals surface area (Å²) in [6.07, 6.45) is 3.47. The van der Waals surface area contributed by atoms with Crippen LogP contribution in [-0.2, 0) is 17.8 Å². The van der Waals surface area contributed by atoms with Crippen molar-refractivity contribution in [3.05, 3.63) is 70.7 Å². The molecule has 3 rings (SSSR count). The van der Waals surface area contributed by atoms with E-state index in [0.29, 0.717) is 18.1 Å². The van der Waals surface area contributed by atoms with Crippen LogP contribution in [0.4, 0.5) is 0 Å². The van der Waals surface area contributed by atoms with Crippen molar-refractivity contribution in [1.82, 2.24) is 10.2 Å². The molecule has 1 saturated heterocycles. The van der Waals surface area contributed by atoms with E-state index in [1.165, 1.54) is 5.56 Å². The fraction of sp³-hybridized carbons (Fsp3) is 0.381. The van der Waals surface area contributed by atoms with Gasteiger partial charge >= 0.3 is 0 Å². The number of likely N-dealkylation sites (tertiary alicyclic amines) is 1. The molecule has 25 heavy (non-hydrogen) atoms. The number of nitrogens with zero attached hydrogens (tertiary/aromatic N) is 1. The third-order valence-corrected chi connectivity index (χ3v) is 5.24. The van der Waals surface area contributed by atoms with Gasteiger partial charge in [0.05, 0.1) is 6.54 Å². The molecule has 132 valence electrons. The summed E-state index contributed by atoms with van der Waals surface area (Å²) in [7, 11) is 0. The molecule has 0 radical (unpaired) electrons. The molecule has 1 amide bonds. The number of carbonyl (C=O) groups excluding carboxylic acids is 1. The van der Waals surface area contributed by atoms with Crippen LogP contribution >= 0.6 is 11.6 Å². The zero-order valence-corrected chi connectivity index (χ0v) is 15.2. The summed E-state index contributed by atoms with van der Waals surface area (Å²) < 4.78 is 0. The molecule has 2 aromatic rings. The maximum absolute atomic E-state index is 12.2. The van der Waals surface area contributed by atoms with Gasteiger partial charge in [-0.3, -0.25) is 9.69 Å². The Morgan fingerprint density at radius 3 is 2.44 bits per heavy atom. The number of rotatable bonds is 6. The molecule has 0 unspecified atom stereocenters. The van der Waals surface area contributed by atoms with Gasteiger partial charge in [0.15, 0.2) is 0 Å². The van der Waals surface area contributed by atoms with Gasteiger partial charge in [0.1, 0.15) is 0 Å². The van der Waals surface area contributed by atoms with Crippen LogP contribution in [0, 0.1) is 5.92 Å². The quantitative estimate of drug-likeness (QED) is 0.851. The highest BCUT2D eigenvalue weighted by molar-refractivity contribution is 6.31. The number of hydrogen-bond acceptors (Lipinski definition) is 2. The summed E-state index contributed by atoms with van der Waals surface area (Å²) >= 11 is 6.12. The summed E-state index contributed by atoms with van der Waals surface area (Å²) in [5.74, 6) is 0.797. The molecule has 1 aliphatic rings. The second-order valence-corrected chi connectivity index (χ2v) is 7.18. The van der Waals surface area contributed by atoms with Gasteiger partial charge in [-0.25, -0.2) is 0 Å². The Bertz CT molecular complexity index is 681. The van der Waals surface area contributed by atoms with E-state index in [9.17, 15) is 4.79 Å². The average Bonchev–Trinajstić information content (AvgIpc) is 2.64.